The van der Waals surface area contributed by atoms with Crippen LogP contribution < -0.4 is 11.3 Å². The Morgan fingerprint density at radius 3 is 2.57 bits per heavy atom. The van der Waals surface area contributed by atoms with Crippen molar-refractivity contribution in [3.05, 3.63) is 16.1 Å². The molecule has 3 N–H and O–H groups in total. The molecule has 1 heterocycles. The van der Waals surface area contributed by atoms with E-state index in [4.69, 9.17) is 29.0 Å². The zero-order valence-corrected chi connectivity index (χ0v) is 10.2. The van der Waals surface area contributed by atoms with E-state index < -0.39 is 0 Å². The first-order valence-corrected chi connectivity index (χ1v) is 5.67. The third-order valence-corrected chi connectivity index (χ3v) is 3.08. The number of nitrogens with two attached hydrogens (primary N) is 1. The molecule has 0 aliphatic carbocycles. The number of nitrogens with zero attached hydrogens (tertiary/aromatic N) is 1. The zero-order valence-electron chi connectivity index (χ0n) is 7.84. The van der Waals surface area contributed by atoms with Crippen LogP contribution in [0, 0.1) is 0 Å². The number of hydrogen-bond acceptors (Lipinski definition) is 4. The summed E-state index contributed by atoms with van der Waals surface area (Å²) in [4.78, 5) is 4.19. The van der Waals surface area contributed by atoms with Crippen molar-refractivity contribution < 1.29 is 0 Å². The van der Waals surface area contributed by atoms with Gasteiger partial charge >= 0.3 is 0 Å². The predicted octanol–water partition coefficient (Wildman–Crippen LogP) is 3.17. The lowest BCUT2D eigenvalue weighted by Gasteiger charge is -2.09. The number of pyridine rings is 1. The summed E-state index contributed by atoms with van der Waals surface area (Å²) in [5.41, 5.74) is 2.42. The van der Waals surface area contributed by atoms with Gasteiger partial charge in [-0.25, -0.2) is 10.8 Å². The third-order valence-electron chi connectivity index (χ3n) is 1.38. The summed E-state index contributed by atoms with van der Waals surface area (Å²) in [6.07, 6.45) is 0. The molecule has 1 rings (SSSR count). The van der Waals surface area contributed by atoms with E-state index in [1.165, 1.54) is 0 Å². The van der Waals surface area contributed by atoms with Gasteiger partial charge in [-0.15, -0.1) is 11.8 Å². The van der Waals surface area contributed by atoms with Crippen molar-refractivity contribution in [2.45, 2.75) is 24.1 Å². The molecule has 1 aromatic heterocycles. The van der Waals surface area contributed by atoms with Gasteiger partial charge in [0.2, 0.25) is 0 Å². The summed E-state index contributed by atoms with van der Waals surface area (Å²) in [6, 6.07) is 1.63. The topological polar surface area (TPSA) is 50.9 Å². The van der Waals surface area contributed by atoms with Gasteiger partial charge in [-0.3, -0.25) is 0 Å². The maximum atomic E-state index is 5.97. The van der Waals surface area contributed by atoms with Crippen molar-refractivity contribution in [2.75, 3.05) is 5.43 Å². The van der Waals surface area contributed by atoms with Crippen LogP contribution in [0.3, 0.4) is 0 Å². The lowest BCUT2D eigenvalue weighted by atomic mass is 10.4. The molecule has 14 heavy (non-hydrogen) atoms. The van der Waals surface area contributed by atoms with E-state index in [1.807, 2.05) is 0 Å². The SMILES string of the molecule is CC(C)Sc1nc(NN)c(Cl)cc1Cl. The van der Waals surface area contributed by atoms with E-state index >= 15 is 0 Å². The van der Waals surface area contributed by atoms with Gasteiger partial charge in [-0.1, -0.05) is 37.0 Å². The summed E-state index contributed by atoms with van der Waals surface area (Å²) >= 11 is 13.4. The Bertz CT molecular complexity index is 331. The maximum Gasteiger partial charge on any atom is 0.160 e. The van der Waals surface area contributed by atoms with Crippen LogP contribution in [0.1, 0.15) is 13.8 Å². The first kappa shape index (κ1) is 11.9. The van der Waals surface area contributed by atoms with Crippen LogP contribution in [0.15, 0.2) is 11.1 Å². The van der Waals surface area contributed by atoms with Crippen LogP contribution in [0.25, 0.3) is 0 Å². The van der Waals surface area contributed by atoms with Crippen molar-refractivity contribution >= 4 is 40.8 Å². The van der Waals surface area contributed by atoms with Crippen LogP contribution in [0.2, 0.25) is 10.0 Å². The Hall–Kier alpha value is -0.160. The first-order valence-electron chi connectivity index (χ1n) is 4.04. The molecule has 0 fully saturated rings. The molecule has 0 aliphatic heterocycles. The van der Waals surface area contributed by atoms with Gasteiger partial charge in [-0.05, 0) is 6.07 Å². The molecule has 3 nitrogen and oxygen atoms in total. The van der Waals surface area contributed by atoms with Gasteiger partial charge in [0, 0.05) is 5.25 Å². The monoisotopic (exact) mass is 251 g/mol. The molecule has 0 amide bonds. The molecule has 1 aromatic rings. The number of aromatic nitrogens is 1. The molecular weight excluding hydrogens is 241 g/mol. The summed E-state index contributed by atoms with van der Waals surface area (Å²) in [6.45, 7) is 4.12. The number of rotatable bonds is 3. The molecule has 0 saturated carbocycles. The second-order valence-corrected chi connectivity index (χ2v) is 5.30. The number of thioether (sulfide) groups is 1. The highest BCUT2D eigenvalue weighted by Crippen LogP contribution is 2.33. The normalized spacial score (nSPS) is 10.7. The van der Waals surface area contributed by atoms with Gasteiger partial charge in [0.15, 0.2) is 5.82 Å². The Morgan fingerprint density at radius 1 is 1.43 bits per heavy atom. The molecule has 0 saturated heterocycles. The highest BCUT2D eigenvalue weighted by molar-refractivity contribution is 7.99. The van der Waals surface area contributed by atoms with E-state index in [9.17, 15) is 0 Å². The minimum Gasteiger partial charge on any atom is -0.307 e. The van der Waals surface area contributed by atoms with Crippen LogP contribution >= 0.6 is 35.0 Å². The number of hydrogen-bond donors (Lipinski definition) is 2. The molecule has 0 bridgehead atoms. The Morgan fingerprint density at radius 2 is 2.07 bits per heavy atom. The van der Waals surface area contributed by atoms with Crippen molar-refractivity contribution in [2.24, 2.45) is 5.84 Å². The van der Waals surface area contributed by atoms with Gasteiger partial charge in [0.25, 0.3) is 0 Å². The summed E-state index contributed by atoms with van der Waals surface area (Å²) in [7, 11) is 0. The lowest BCUT2D eigenvalue weighted by Crippen LogP contribution is -2.09. The molecule has 6 heteroatoms. The number of halogens is 2. The van der Waals surface area contributed by atoms with Crippen molar-refractivity contribution in [1.29, 1.82) is 0 Å². The van der Waals surface area contributed by atoms with E-state index in [0.29, 0.717) is 21.1 Å². The number of anilines is 1. The molecule has 0 unspecified atom stereocenters. The van der Waals surface area contributed by atoms with E-state index in [0.717, 1.165) is 5.03 Å². The first-order chi connectivity index (χ1) is 6.54. The average Bonchev–Trinajstić information content (AvgIpc) is 2.09. The van der Waals surface area contributed by atoms with Gasteiger partial charge in [-0.2, -0.15) is 0 Å². The van der Waals surface area contributed by atoms with Crippen LogP contribution in [0.5, 0.6) is 0 Å². The fourth-order valence-corrected chi connectivity index (χ4v) is 2.17. The number of hydrazine groups is 1. The third kappa shape index (κ3) is 2.92. The van der Waals surface area contributed by atoms with Crippen LogP contribution in [-0.4, -0.2) is 10.2 Å². The maximum absolute atomic E-state index is 5.97. The van der Waals surface area contributed by atoms with Crippen molar-refractivity contribution in [3.8, 4) is 0 Å². The van der Waals surface area contributed by atoms with Crippen LogP contribution in [-0.2, 0) is 0 Å². The Kier molecular flexibility index (Phi) is 4.31. The fourth-order valence-electron chi connectivity index (χ4n) is 0.857. The highest BCUT2D eigenvalue weighted by Gasteiger charge is 2.10. The second-order valence-electron chi connectivity index (χ2n) is 2.92. The van der Waals surface area contributed by atoms with Gasteiger partial charge < -0.3 is 5.43 Å². The summed E-state index contributed by atoms with van der Waals surface area (Å²) in [5.74, 6) is 5.69. The minimum atomic E-state index is 0.409. The predicted molar refractivity (Wildman–Crippen MR) is 63.1 cm³/mol. The zero-order chi connectivity index (χ0) is 10.7. The molecule has 0 aliphatic rings. The van der Waals surface area contributed by atoms with Crippen molar-refractivity contribution in [1.82, 2.24) is 4.98 Å². The molecule has 0 aromatic carbocycles. The quantitative estimate of drug-likeness (QED) is 0.493. The standard InChI is InChI=1S/C8H11Cl2N3S/c1-4(2)14-8-6(10)3-5(9)7(12-8)13-11/h3-4H,11H2,1-2H3,(H,12,13). The van der Waals surface area contributed by atoms with Gasteiger partial charge in [0.05, 0.1) is 10.0 Å². The van der Waals surface area contributed by atoms with Crippen LogP contribution in [0.4, 0.5) is 5.82 Å². The van der Waals surface area contributed by atoms with E-state index in [-0.39, 0.29) is 0 Å². The molecule has 0 radical (unpaired) electrons. The molecule has 78 valence electrons. The fraction of sp³-hybridized carbons (Fsp3) is 0.375. The molecule has 0 atom stereocenters. The second kappa shape index (κ2) is 5.07. The van der Waals surface area contributed by atoms with E-state index in [2.05, 4.69) is 24.3 Å². The number of nitrogen functional groups attached to an aromatic ring is 1. The minimum absolute atomic E-state index is 0.409. The Labute approximate surface area is 97.3 Å². The lowest BCUT2D eigenvalue weighted by molar-refractivity contribution is 1.06. The van der Waals surface area contributed by atoms with Crippen molar-refractivity contribution in [3.63, 3.8) is 0 Å². The molecular formula is C8H11Cl2N3S. The largest absolute Gasteiger partial charge is 0.307 e. The molecule has 0 spiro atoms. The van der Waals surface area contributed by atoms with Gasteiger partial charge in [0.1, 0.15) is 5.03 Å². The smallest absolute Gasteiger partial charge is 0.160 e. The highest BCUT2D eigenvalue weighted by atomic mass is 35.5. The summed E-state index contributed by atoms with van der Waals surface area (Å²) < 4.78 is 0. The van der Waals surface area contributed by atoms with E-state index in [1.54, 1.807) is 17.8 Å². The average molecular weight is 252 g/mol. The summed E-state index contributed by atoms with van der Waals surface area (Å²) in [5, 5.41) is 2.11. The Balaban J connectivity index is 3.04. The number of nitrogens with one attached hydrogen (secondary N) is 1.